The highest BCUT2D eigenvalue weighted by molar-refractivity contribution is 7.88. The highest BCUT2D eigenvalue weighted by Crippen LogP contribution is 2.31. The van der Waals surface area contributed by atoms with E-state index in [1.165, 1.54) is 10.4 Å². The van der Waals surface area contributed by atoms with Crippen molar-refractivity contribution < 1.29 is 22.7 Å². The fourth-order valence-corrected chi connectivity index (χ4v) is 6.22. The van der Waals surface area contributed by atoms with Gasteiger partial charge in [0.1, 0.15) is 0 Å². The predicted octanol–water partition coefficient (Wildman–Crippen LogP) is 5.21. The van der Waals surface area contributed by atoms with Crippen LogP contribution in [0.4, 0.5) is 0 Å². The van der Waals surface area contributed by atoms with E-state index in [1.807, 2.05) is 39.0 Å². The Kier molecular flexibility index (Phi) is 9.69. The molecule has 1 unspecified atom stereocenters. The van der Waals surface area contributed by atoms with Crippen molar-refractivity contribution in [3.8, 4) is 11.5 Å². The minimum absolute atomic E-state index is 0.0814. The molecule has 0 aromatic heterocycles. The molecule has 3 rings (SSSR count). The van der Waals surface area contributed by atoms with Gasteiger partial charge in [0.2, 0.25) is 15.9 Å². The third-order valence-corrected chi connectivity index (χ3v) is 8.41. The summed E-state index contributed by atoms with van der Waals surface area (Å²) in [7, 11) is -3.56. The fraction of sp³-hybridized carbons (Fsp3) is 0.480. The molecule has 0 spiro atoms. The number of benzene rings is 2. The Morgan fingerprint density at radius 2 is 1.71 bits per heavy atom. The standard InChI is InChI=1S/C25H32Cl2N2O5S/c1-4-33-23-9-7-19(14-24(23)34-5-2)17(3)28-25(30)18-10-12-29(13-11-18)35(31,32)16-20-6-8-21(26)15-22(20)27/h6-9,14-15,17-18H,4-5,10-13,16H2,1-3H3,(H,28,30). The van der Waals surface area contributed by atoms with Crippen molar-refractivity contribution in [3.05, 3.63) is 57.6 Å². The molecule has 1 heterocycles. The van der Waals surface area contributed by atoms with Crippen LogP contribution >= 0.6 is 23.2 Å². The van der Waals surface area contributed by atoms with Gasteiger partial charge in [-0.15, -0.1) is 0 Å². The van der Waals surface area contributed by atoms with Crippen molar-refractivity contribution in [2.75, 3.05) is 26.3 Å². The summed E-state index contributed by atoms with van der Waals surface area (Å²) in [6.45, 7) is 7.36. The first kappa shape index (κ1) is 27.6. The minimum Gasteiger partial charge on any atom is -0.490 e. The molecule has 2 aromatic carbocycles. The van der Waals surface area contributed by atoms with Crippen molar-refractivity contribution in [2.24, 2.45) is 5.92 Å². The van der Waals surface area contributed by atoms with Crippen molar-refractivity contribution in [1.82, 2.24) is 9.62 Å². The molecular weight excluding hydrogens is 511 g/mol. The summed E-state index contributed by atoms with van der Waals surface area (Å²) in [4.78, 5) is 12.9. The molecule has 10 heteroatoms. The van der Waals surface area contributed by atoms with Crippen LogP contribution in [0.1, 0.15) is 50.8 Å². The molecule has 1 amide bonds. The summed E-state index contributed by atoms with van der Waals surface area (Å²) in [6, 6.07) is 10.2. The molecule has 1 fully saturated rings. The number of amides is 1. The average Bonchev–Trinajstić information content (AvgIpc) is 2.82. The summed E-state index contributed by atoms with van der Waals surface area (Å²) in [5.74, 6) is 0.785. The van der Waals surface area contributed by atoms with Gasteiger partial charge < -0.3 is 14.8 Å². The first-order chi connectivity index (χ1) is 16.6. The van der Waals surface area contributed by atoms with E-state index >= 15 is 0 Å². The lowest BCUT2D eigenvalue weighted by atomic mass is 9.96. The maximum absolute atomic E-state index is 12.9. The molecule has 35 heavy (non-hydrogen) atoms. The Morgan fingerprint density at radius 1 is 1.06 bits per heavy atom. The van der Waals surface area contributed by atoms with Crippen LogP contribution in [-0.4, -0.2) is 44.9 Å². The lowest BCUT2D eigenvalue weighted by Gasteiger charge is -2.31. The molecule has 1 aliphatic rings. The zero-order valence-corrected chi connectivity index (χ0v) is 22.5. The second kappa shape index (κ2) is 12.3. The quantitative estimate of drug-likeness (QED) is 0.445. The number of carbonyl (C=O) groups excluding carboxylic acids is 1. The number of hydrogen-bond acceptors (Lipinski definition) is 5. The number of piperidine rings is 1. The molecule has 1 N–H and O–H groups in total. The first-order valence-electron chi connectivity index (χ1n) is 11.8. The monoisotopic (exact) mass is 542 g/mol. The van der Waals surface area contributed by atoms with E-state index in [1.54, 1.807) is 12.1 Å². The molecule has 1 atom stereocenters. The van der Waals surface area contributed by atoms with Gasteiger partial charge in [-0.3, -0.25) is 4.79 Å². The van der Waals surface area contributed by atoms with Gasteiger partial charge in [0.05, 0.1) is 25.0 Å². The topological polar surface area (TPSA) is 84.9 Å². The van der Waals surface area contributed by atoms with Gasteiger partial charge in [-0.05, 0) is 69.0 Å². The summed E-state index contributed by atoms with van der Waals surface area (Å²) in [6.07, 6.45) is 0.916. The van der Waals surface area contributed by atoms with Crippen LogP contribution in [0.25, 0.3) is 0 Å². The molecule has 0 bridgehead atoms. The van der Waals surface area contributed by atoms with Gasteiger partial charge in [0, 0.05) is 29.1 Å². The summed E-state index contributed by atoms with van der Waals surface area (Å²) >= 11 is 12.1. The number of sulfonamides is 1. The van der Waals surface area contributed by atoms with Crippen LogP contribution in [0.2, 0.25) is 10.0 Å². The number of rotatable bonds is 10. The fourth-order valence-electron chi connectivity index (χ4n) is 4.07. The molecule has 1 aliphatic heterocycles. The van der Waals surface area contributed by atoms with Crippen LogP contribution in [0.5, 0.6) is 11.5 Å². The second-order valence-electron chi connectivity index (χ2n) is 8.47. The lowest BCUT2D eigenvalue weighted by molar-refractivity contribution is -0.126. The highest BCUT2D eigenvalue weighted by Gasteiger charge is 2.32. The van der Waals surface area contributed by atoms with E-state index in [0.29, 0.717) is 53.2 Å². The number of nitrogens with one attached hydrogen (secondary N) is 1. The molecular formula is C25H32Cl2N2O5S. The molecule has 7 nitrogen and oxygen atoms in total. The van der Waals surface area contributed by atoms with E-state index in [4.69, 9.17) is 32.7 Å². The van der Waals surface area contributed by atoms with Gasteiger partial charge in [-0.25, -0.2) is 12.7 Å². The Bertz CT molecular complexity index is 1130. The van der Waals surface area contributed by atoms with E-state index < -0.39 is 10.0 Å². The smallest absolute Gasteiger partial charge is 0.223 e. The van der Waals surface area contributed by atoms with Crippen molar-refractivity contribution in [1.29, 1.82) is 0 Å². The number of nitrogens with zero attached hydrogens (tertiary/aromatic N) is 1. The van der Waals surface area contributed by atoms with E-state index in [9.17, 15) is 13.2 Å². The molecule has 0 saturated carbocycles. The molecule has 0 radical (unpaired) electrons. The highest BCUT2D eigenvalue weighted by atomic mass is 35.5. The van der Waals surface area contributed by atoms with Crippen LogP contribution < -0.4 is 14.8 Å². The SMILES string of the molecule is CCOc1ccc(C(C)NC(=O)C2CCN(S(=O)(=O)Cc3ccc(Cl)cc3Cl)CC2)cc1OCC. The van der Waals surface area contributed by atoms with E-state index in [2.05, 4.69) is 5.32 Å². The number of hydrogen-bond donors (Lipinski definition) is 1. The third kappa shape index (κ3) is 7.26. The van der Waals surface area contributed by atoms with Crippen LogP contribution in [0, 0.1) is 5.92 Å². The maximum atomic E-state index is 12.9. The van der Waals surface area contributed by atoms with Gasteiger partial charge >= 0.3 is 0 Å². The number of carbonyl (C=O) groups is 1. The van der Waals surface area contributed by atoms with Gasteiger partial charge in [0.25, 0.3) is 0 Å². The van der Waals surface area contributed by atoms with Gasteiger partial charge in [0.15, 0.2) is 11.5 Å². The van der Waals surface area contributed by atoms with Crippen molar-refractivity contribution >= 4 is 39.1 Å². The van der Waals surface area contributed by atoms with Gasteiger partial charge in [-0.1, -0.05) is 35.3 Å². The second-order valence-corrected chi connectivity index (χ2v) is 11.3. The normalized spacial score (nSPS) is 16.0. The Labute approximate surface area is 217 Å². The minimum atomic E-state index is -3.56. The molecule has 1 saturated heterocycles. The van der Waals surface area contributed by atoms with E-state index in [0.717, 1.165) is 5.56 Å². The number of ether oxygens (including phenoxy) is 2. The molecule has 192 valence electrons. The zero-order chi connectivity index (χ0) is 25.6. The van der Waals surface area contributed by atoms with Crippen LogP contribution in [0.15, 0.2) is 36.4 Å². The predicted molar refractivity (Wildman–Crippen MR) is 139 cm³/mol. The first-order valence-corrected chi connectivity index (χ1v) is 14.1. The maximum Gasteiger partial charge on any atom is 0.223 e. The Morgan fingerprint density at radius 3 is 2.34 bits per heavy atom. The Hall–Kier alpha value is -2.00. The summed E-state index contributed by atoms with van der Waals surface area (Å²) < 4.78 is 38.5. The average molecular weight is 544 g/mol. The largest absolute Gasteiger partial charge is 0.490 e. The van der Waals surface area contributed by atoms with Crippen LogP contribution in [-0.2, 0) is 20.6 Å². The van der Waals surface area contributed by atoms with Crippen molar-refractivity contribution in [3.63, 3.8) is 0 Å². The summed E-state index contributed by atoms with van der Waals surface area (Å²) in [5.41, 5.74) is 1.41. The number of halogens is 2. The Balaban J connectivity index is 1.57. The molecule has 2 aromatic rings. The van der Waals surface area contributed by atoms with Gasteiger partial charge in [-0.2, -0.15) is 0 Å². The van der Waals surface area contributed by atoms with E-state index in [-0.39, 0.29) is 36.7 Å². The zero-order valence-electron chi connectivity index (χ0n) is 20.2. The van der Waals surface area contributed by atoms with Crippen LogP contribution in [0.3, 0.4) is 0 Å². The lowest BCUT2D eigenvalue weighted by Crippen LogP contribution is -2.43. The summed E-state index contributed by atoms with van der Waals surface area (Å²) in [5, 5.41) is 3.84. The third-order valence-electron chi connectivity index (χ3n) is 6.00. The molecule has 0 aliphatic carbocycles. The van der Waals surface area contributed by atoms with Crippen molar-refractivity contribution in [2.45, 2.75) is 45.4 Å².